The third kappa shape index (κ3) is 4.91. The Bertz CT molecular complexity index is 706. The van der Waals surface area contributed by atoms with Crippen LogP contribution in [0.5, 0.6) is 0 Å². The highest BCUT2D eigenvalue weighted by molar-refractivity contribution is 7.94. The van der Waals surface area contributed by atoms with Crippen molar-refractivity contribution in [3.63, 3.8) is 0 Å². The van der Waals surface area contributed by atoms with E-state index >= 15 is 0 Å². The normalized spacial score (nSPS) is 12.9. The minimum absolute atomic E-state index is 0.134. The molecule has 124 valence electrons. The quantitative estimate of drug-likeness (QED) is 0.697. The smallest absolute Gasteiger partial charge is 0.322 e. The van der Waals surface area contributed by atoms with Gasteiger partial charge in [-0.1, -0.05) is 49.2 Å². The summed E-state index contributed by atoms with van der Waals surface area (Å²) in [6, 6.07) is 13.1. The lowest BCUT2D eigenvalue weighted by atomic mass is 10.1. The number of hydrogen-bond acceptors (Lipinski definition) is 4. The van der Waals surface area contributed by atoms with Gasteiger partial charge in [0.25, 0.3) is 0 Å². The van der Waals surface area contributed by atoms with Crippen molar-refractivity contribution in [1.29, 1.82) is 0 Å². The van der Waals surface area contributed by atoms with E-state index in [1.807, 2.05) is 18.2 Å². The van der Waals surface area contributed by atoms with E-state index in [2.05, 4.69) is 12.1 Å². The van der Waals surface area contributed by atoms with Crippen molar-refractivity contribution in [2.24, 2.45) is 0 Å². The van der Waals surface area contributed by atoms with Crippen LogP contribution in [0.3, 0.4) is 0 Å². The maximum Gasteiger partial charge on any atom is 0.322 e. The molecular formula is C17H20O4S2. The lowest BCUT2D eigenvalue weighted by Gasteiger charge is -2.12. The maximum atomic E-state index is 12.3. The second-order valence-corrected chi connectivity index (χ2v) is 8.69. The zero-order valence-electron chi connectivity index (χ0n) is 12.7. The number of hydrogen-bond donors (Lipinski definition) is 1. The Labute approximate surface area is 140 Å². The van der Waals surface area contributed by atoms with Crippen molar-refractivity contribution < 1.29 is 18.3 Å². The van der Waals surface area contributed by atoms with Crippen LogP contribution in [-0.2, 0) is 21.1 Å². The first-order valence-electron chi connectivity index (χ1n) is 7.56. The molecule has 1 N–H and O–H groups in total. The Balaban J connectivity index is 1.85. The molecule has 0 saturated carbocycles. The van der Waals surface area contributed by atoms with Crippen LogP contribution in [0, 0.1) is 0 Å². The molecule has 2 aromatic rings. The molecule has 0 aliphatic heterocycles. The molecule has 1 aromatic carbocycles. The number of carboxylic acid groups (broad SMARTS) is 1. The van der Waals surface area contributed by atoms with E-state index in [0.717, 1.165) is 30.6 Å². The molecule has 4 nitrogen and oxygen atoms in total. The highest BCUT2D eigenvalue weighted by atomic mass is 32.2. The molecular weight excluding hydrogens is 332 g/mol. The molecule has 0 bridgehead atoms. The molecule has 2 rings (SSSR count). The van der Waals surface area contributed by atoms with Gasteiger partial charge in [-0.25, -0.2) is 8.42 Å². The minimum atomic E-state index is -3.78. The van der Waals surface area contributed by atoms with Gasteiger partial charge in [-0.2, -0.15) is 0 Å². The molecule has 1 unspecified atom stereocenters. The van der Waals surface area contributed by atoms with Crippen molar-refractivity contribution in [3.8, 4) is 0 Å². The van der Waals surface area contributed by atoms with E-state index < -0.39 is 21.1 Å². The third-order valence-electron chi connectivity index (χ3n) is 3.70. The van der Waals surface area contributed by atoms with Crippen molar-refractivity contribution in [1.82, 2.24) is 0 Å². The lowest BCUT2D eigenvalue weighted by Crippen LogP contribution is -2.29. The van der Waals surface area contributed by atoms with Gasteiger partial charge < -0.3 is 5.11 Å². The molecule has 1 atom stereocenters. The van der Waals surface area contributed by atoms with E-state index in [1.165, 1.54) is 11.6 Å². The summed E-state index contributed by atoms with van der Waals surface area (Å²) in [7, 11) is -3.78. The highest BCUT2D eigenvalue weighted by Crippen LogP contribution is 2.24. The molecule has 1 aromatic heterocycles. The van der Waals surface area contributed by atoms with Crippen molar-refractivity contribution in [2.75, 3.05) is 0 Å². The number of carbonyl (C=O) groups is 1. The zero-order valence-corrected chi connectivity index (χ0v) is 14.4. The van der Waals surface area contributed by atoms with Crippen LogP contribution in [0.2, 0.25) is 0 Å². The summed E-state index contributed by atoms with van der Waals surface area (Å²) < 4.78 is 24.8. The molecule has 0 radical (unpaired) electrons. The van der Waals surface area contributed by atoms with Gasteiger partial charge >= 0.3 is 5.97 Å². The number of unbranched alkanes of at least 4 members (excludes halogenated alkanes) is 2. The molecule has 0 saturated heterocycles. The van der Waals surface area contributed by atoms with Gasteiger partial charge in [0.05, 0.1) is 0 Å². The largest absolute Gasteiger partial charge is 0.480 e. The Morgan fingerprint density at radius 1 is 1.04 bits per heavy atom. The average molecular weight is 352 g/mol. The van der Waals surface area contributed by atoms with Gasteiger partial charge in [0.15, 0.2) is 5.25 Å². The van der Waals surface area contributed by atoms with Gasteiger partial charge in [-0.15, -0.1) is 11.3 Å². The average Bonchev–Trinajstić information content (AvgIpc) is 3.06. The van der Waals surface area contributed by atoms with Crippen LogP contribution in [0.1, 0.15) is 31.2 Å². The molecule has 0 spiro atoms. The summed E-state index contributed by atoms with van der Waals surface area (Å²) in [6.45, 7) is 0. The molecule has 6 heteroatoms. The summed E-state index contributed by atoms with van der Waals surface area (Å²) in [5, 5.41) is 9.56. The molecule has 0 amide bonds. The minimum Gasteiger partial charge on any atom is -0.480 e. The first-order chi connectivity index (χ1) is 11.0. The number of carboxylic acids is 1. The van der Waals surface area contributed by atoms with Crippen LogP contribution in [0.4, 0.5) is 0 Å². The van der Waals surface area contributed by atoms with Crippen LogP contribution < -0.4 is 0 Å². The summed E-state index contributed by atoms with van der Waals surface area (Å²) in [5.41, 5.74) is 1.24. The Morgan fingerprint density at radius 3 is 2.39 bits per heavy atom. The van der Waals surface area contributed by atoms with Crippen molar-refractivity contribution in [2.45, 2.75) is 41.6 Å². The SMILES string of the molecule is O=C(O)C(CCCCCc1ccccc1)S(=O)(=O)c1cccs1. The lowest BCUT2D eigenvalue weighted by molar-refractivity contribution is -0.136. The summed E-state index contributed by atoms with van der Waals surface area (Å²) in [5.74, 6) is -1.26. The molecule has 1 heterocycles. The van der Waals surface area contributed by atoms with Crippen molar-refractivity contribution >= 4 is 27.1 Å². The van der Waals surface area contributed by atoms with Crippen LogP contribution in [-0.4, -0.2) is 24.7 Å². The first-order valence-corrected chi connectivity index (χ1v) is 9.98. The van der Waals surface area contributed by atoms with E-state index in [9.17, 15) is 18.3 Å². The molecule has 0 aliphatic carbocycles. The van der Waals surface area contributed by atoms with Gasteiger partial charge in [0, 0.05) is 0 Å². The highest BCUT2D eigenvalue weighted by Gasteiger charge is 2.34. The molecule has 0 fully saturated rings. The number of sulfone groups is 1. The van der Waals surface area contributed by atoms with Crippen molar-refractivity contribution in [3.05, 3.63) is 53.4 Å². The number of thiophene rings is 1. The van der Waals surface area contributed by atoms with Crippen LogP contribution in [0.25, 0.3) is 0 Å². The van der Waals surface area contributed by atoms with Gasteiger partial charge in [0.2, 0.25) is 9.84 Å². The third-order valence-corrected chi connectivity index (χ3v) is 7.23. The zero-order chi connectivity index (χ0) is 16.7. The van der Waals surface area contributed by atoms with E-state index in [1.54, 1.807) is 11.4 Å². The fraction of sp³-hybridized carbons (Fsp3) is 0.353. The first kappa shape index (κ1) is 17.7. The topological polar surface area (TPSA) is 71.4 Å². The Kier molecular flexibility index (Phi) is 6.36. The Morgan fingerprint density at radius 2 is 1.78 bits per heavy atom. The predicted molar refractivity (Wildman–Crippen MR) is 91.5 cm³/mol. The van der Waals surface area contributed by atoms with Gasteiger partial charge in [0.1, 0.15) is 4.21 Å². The van der Waals surface area contributed by atoms with Crippen LogP contribution in [0.15, 0.2) is 52.1 Å². The second kappa shape index (κ2) is 8.26. The fourth-order valence-electron chi connectivity index (χ4n) is 2.46. The summed E-state index contributed by atoms with van der Waals surface area (Å²) >= 11 is 1.07. The number of benzene rings is 1. The van der Waals surface area contributed by atoms with E-state index in [-0.39, 0.29) is 10.6 Å². The second-order valence-electron chi connectivity index (χ2n) is 5.39. The number of aliphatic carboxylic acids is 1. The standard InChI is InChI=1S/C17H20O4S2/c18-17(19)15(23(20,21)16-12-7-13-22-16)11-6-2-5-10-14-8-3-1-4-9-14/h1,3-4,7-9,12-13,15H,2,5-6,10-11H2,(H,18,19). The maximum absolute atomic E-state index is 12.3. The summed E-state index contributed by atoms with van der Waals surface area (Å²) in [4.78, 5) is 11.4. The molecule has 0 aliphatic rings. The molecule has 23 heavy (non-hydrogen) atoms. The monoisotopic (exact) mass is 352 g/mol. The summed E-state index contributed by atoms with van der Waals surface area (Å²) in [6.07, 6.45) is 3.42. The van der Waals surface area contributed by atoms with Gasteiger partial charge in [-0.3, -0.25) is 4.79 Å². The fourth-order valence-corrected chi connectivity index (χ4v) is 5.25. The number of aryl methyl sites for hydroxylation is 1. The predicted octanol–water partition coefficient (Wildman–Crippen LogP) is 3.78. The number of rotatable bonds is 9. The van der Waals surface area contributed by atoms with Gasteiger partial charge in [-0.05, 0) is 36.3 Å². The van der Waals surface area contributed by atoms with Crippen LogP contribution >= 0.6 is 11.3 Å². The van der Waals surface area contributed by atoms with E-state index in [0.29, 0.717) is 6.42 Å². The van der Waals surface area contributed by atoms with E-state index in [4.69, 9.17) is 0 Å². The Hall–Kier alpha value is -1.66.